The van der Waals surface area contributed by atoms with Crippen LogP contribution in [0.2, 0.25) is 0 Å². The highest BCUT2D eigenvalue weighted by Gasteiger charge is 2.17. The number of benzene rings is 2. The zero-order chi connectivity index (χ0) is 16.1. The molecule has 5 heteroatoms. The van der Waals surface area contributed by atoms with E-state index in [9.17, 15) is 8.78 Å². The fraction of sp³-hybridized carbons (Fsp3) is 0.118. The van der Waals surface area contributed by atoms with Gasteiger partial charge < -0.3 is 0 Å². The number of hydrogen-bond donors (Lipinski definition) is 0. The quantitative estimate of drug-likeness (QED) is 0.615. The molecule has 0 aliphatic heterocycles. The summed E-state index contributed by atoms with van der Waals surface area (Å²) < 4.78 is 27.6. The van der Waals surface area contributed by atoms with Gasteiger partial charge >= 0.3 is 0 Å². The Morgan fingerprint density at radius 2 is 1.77 bits per heavy atom. The van der Waals surface area contributed by atoms with Crippen LogP contribution in [0.4, 0.5) is 8.78 Å². The molecular weight excluding hydrogens is 284 g/mol. The first-order chi connectivity index (χ1) is 10.6. The van der Waals surface area contributed by atoms with Gasteiger partial charge in [-0.1, -0.05) is 30.3 Å². The third-order valence-corrected chi connectivity index (χ3v) is 3.12. The van der Waals surface area contributed by atoms with E-state index in [2.05, 4.69) is 9.98 Å². The second kappa shape index (κ2) is 6.72. The molecule has 0 radical (unpaired) electrons. The maximum atomic E-state index is 14.2. The molecule has 110 valence electrons. The first kappa shape index (κ1) is 15.5. The van der Waals surface area contributed by atoms with Gasteiger partial charge in [0.25, 0.3) is 0 Å². The molecule has 0 saturated carbocycles. The minimum atomic E-state index is -0.951. The fourth-order valence-electron chi connectivity index (χ4n) is 1.96. The summed E-state index contributed by atoms with van der Waals surface area (Å²) in [5, 5.41) is 8.83. The SMILES string of the molecule is CN=C(N=C(C)c1ccccc1)c1ccc(F)c(C#N)c1F. The maximum Gasteiger partial charge on any atom is 0.157 e. The number of nitriles is 1. The molecule has 3 nitrogen and oxygen atoms in total. The summed E-state index contributed by atoms with van der Waals surface area (Å²) in [5.74, 6) is -1.74. The summed E-state index contributed by atoms with van der Waals surface area (Å²) in [7, 11) is 1.46. The number of rotatable bonds is 2. The van der Waals surface area contributed by atoms with Crippen molar-refractivity contribution in [3.8, 4) is 6.07 Å². The Balaban J connectivity index is 2.50. The predicted octanol–water partition coefficient (Wildman–Crippen LogP) is 3.72. The smallest absolute Gasteiger partial charge is 0.157 e. The monoisotopic (exact) mass is 297 g/mol. The zero-order valence-corrected chi connectivity index (χ0v) is 12.1. The molecule has 22 heavy (non-hydrogen) atoms. The molecule has 0 fully saturated rings. The van der Waals surface area contributed by atoms with Crippen molar-refractivity contribution in [2.45, 2.75) is 6.92 Å². The zero-order valence-electron chi connectivity index (χ0n) is 12.1. The summed E-state index contributed by atoms with van der Waals surface area (Å²) in [4.78, 5) is 8.24. The van der Waals surface area contributed by atoms with Crippen LogP contribution in [0.25, 0.3) is 0 Å². The number of amidine groups is 1. The first-order valence-electron chi connectivity index (χ1n) is 6.54. The maximum absolute atomic E-state index is 14.2. The lowest BCUT2D eigenvalue weighted by Crippen LogP contribution is -2.08. The second-order valence-electron chi connectivity index (χ2n) is 4.51. The number of aliphatic imine (C=N–C) groups is 2. The predicted molar refractivity (Wildman–Crippen MR) is 82.2 cm³/mol. The Labute approximate surface area is 127 Å². The van der Waals surface area contributed by atoms with Gasteiger partial charge in [-0.15, -0.1) is 0 Å². The minimum absolute atomic E-state index is 0.00395. The standard InChI is InChI=1S/C17H13F2N3/c1-11(12-6-4-3-5-7-12)22-17(21-2)13-8-9-15(18)14(10-20)16(13)19/h3-9H,1-2H3. The van der Waals surface area contributed by atoms with Gasteiger partial charge in [-0.2, -0.15) is 5.26 Å². The Bertz CT molecular complexity index is 788. The van der Waals surface area contributed by atoms with E-state index in [-0.39, 0.29) is 11.4 Å². The van der Waals surface area contributed by atoms with Gasteiger partial charge in [0.05, 0.1) is 5.56 Å². The van der Waals surface area contributed by atoms with E-state index < -0.39 is 17.2 Å². The Hall–Kier alpha value is -2.87. The van der Waals surface area contributed by atoms with Gasteiger partial charge in [-0.25, -0.2) is 13.8 Å². The topological polar surface area (TPSA) is 48.5 Å². The van der Waals surface area contributed by atoms with Crippen molar-refractivity contribution in [1.82, 2.24) is 0 Å². The van der Waals surface area contributed by atoms with Crippen molar-refractivity contribution in [1.29, 1.82) is 5.26 Å². The highest BCUT2D eigenvalue weighted by Crippen LogP contribution is 2.18. The van der Waals surface area contributed by atoms with E-state index in [0.717, 1.165) is 11.6 Å². The van der Waals surface area contributed by atoms with Crippen molar-refractivity contribution >= 4 is 11.5 Å². The second-order valence-corrected chi connectivity index (χ2v) is 4.51. The van der Waals surface area contributed by atoms with Crippen LogP contribution < -0.4 is 0 Å². The van der Waals surface area contributed by atoms with Gasteiger partial charge in [0.2, 0.25) is 0 Å². The summed E-state index contributed by atoms with van der Waals surface area (Å²) in [6.07, 6.45) is 0. The van der Waals surface area contributed by atoms with E-state index in [1.165, 1.54) is 19.2 Å². The van der Waals surface area contributed by atoms with Crippen LogP contribution in [-0.2, 0) is 0 Å². The van der Waals surface area contributed by atoms with Gasteiger partial charge in [0.15, 0.2) is 11.7 Å². The number of hydrogen-bond acceptors (Lipinski definition) is 2. The molecule has 0 saturated heterocycles. The minimum Gasteiger partial charge on any atom is -0.270 e. The van der Waals surface area contributed by atoms with Gasteiger partial charge in [0.1, 0.15) is 17.4 Å². The highest BCUT2D eigenvalue weighted by molar-refractivity contribution is 6.11. The Morgan fingerprint density at radius 3 is 2.36 bits per heavy atom. The van der Waals surface area contributed by atoms with Crippen LogP contribution in [0.15, 0.2) is 52.4 Å². The van der Waals surface area contributed by atoms with Gasteiger partial charge in [-0.3, -0.25) is 4.99 Å². The van der Waals surface area contributed by atoms with Crippen LogP contribution >= 0.6 is 0 Å². The van der Waals surface area contributed by atoms with Gasteiger partial charge in [0, 0.05) is 12.8 Å². The van der Waals surface area contributed by atoms with Gasteiger partial charge in [-0.05, 0) is 24.6 Å². The number of halogens is 2. The first-order valence-corrected chi connectivity index (χ1v) is 6.54. The molecule has 0 bridgehead atoms. The highest BCUT2D eigenvalue weighted by atomic mass is 19.1. The van der Waals surface area contributed by atoms with E-state index in [4.69, 9.17) is 5.26 Å². The largest absolute Gasteiger partial charge is 0.270 e. The number of nitrogens with zero attached hydrogens (tertiary/aromatic N) is 3. The average molecular weight is 297 g/mol. The van der Waals surface area contributed by atoms with Crippen LogP contribution in [0.3, 0.4) is 0 Å². The molecule has 0 N–H and O–H groups in total. The third-order valence-electron chi connectivity index (χ3n) is 3.12. The van der Waals surface area contributed by atoms with Crippen LogP contribution in [0.5, 0.6) is 0 Å². The van der Waals surface area contributed by atoms with E-state index in [1.54, 1.807) is 6.92 Å². The molecule has 2 aromatic carbocycles. The van der Waals surface area contributed by atoms with Crippen LogP contribution in [-0.4, -0.2) is 18.6 Å². The molecule has 0 atom stereocenters. The summed E-state index contributed by atoms with van der Waals surface area (Å²) in [6, 6.07) is 13.1. The van der Waals surface area contributed by atoms with E-state index in [0.29, 0.717) is 5.71 Å². The van der Waals surface area contributed by atoms with Crippen LogP contribution in [0.1, 0.15) is 23.6 Å². The molecule has 2 aromatic rings. The summed E-state index contributed by atoms with van der Waals surface area (Å²) >= 11 is 0. The lowest BCUT2D eigenvalue weighted by molar-refractivity contribution is 0.575. The van der Waals surface area contributed by atoms with E-state index >= 15 is 0 Å². The third kappa shape index (κ3) is 3.07. The average Bonchev–Trinajstić information content (AvgIpc) is 2.54. The Kier molecular flexibility index (Phi) is 4.74. The lowest BCUT2D eigenvalue weighted by atomic mass is 10.1. The van der Waals surface area contributed by atoms with E-state index in [1.807, 2.05) is 30.3 Å². The van der Waals surface area contributed by atoms with Crippen molar-refractivity contribution < 1.29 is 8.78 Å². The molecule has 0 spiro atoms. The molecule has 0 unspecified atom stereocenters. The molecule has 0 aliphatic rings. The summed E-state index contributed by atoms with van der Waals surface area (Å²) in [6.45, 7) is 1.77. The van der Waals surface area contributed by atoms with Crippen molar-refractivity contribution in [2.24, 2.45) is 9.98 Å². The summed E-state index contributed by atoms with van der Waals surface area (Å²) in [5.41, 5.74) is 0.872. The molecule has 0 aromatic heterocycles. The Morgan fingerprint density at radius 1 is 1.09 bits per heavy atom. The fourth-order valence-corrected chi connectivity index (χ4v) is 1.96. The van der Waals surface area contributed by atoms with Crippen molar-refractivity contribution in [2.75, 3.05) is 7.05 Å². The van der Waals surface area contributed by atoms with Crippen molar-refractivity contribution in [3.05, 3.63) is 70.8 Å². The lowest BCUT2D eigenvalue weighted by Gasteiger charge is -2.06. The van der Waals surface area contributed by atoms with Crippen molar-refractivity contribution in [3.63, 3.8) is 0 Å². The van der Waals surface area contributed by atoms with Crippen LogP contribution in [0, 0.1) is 23.0 Å². The molecule has 0 aliphatic carbocycles. The molecular formula is C17H13F2N3. The molecule has 0 amide bonds. The molecule has 2 rings (SSSR count). The normalized spacial score (nSPS) is 12.1. The molecule has 0 heterocycles.